The van der Waals surface area contributed by atoms with E-state index in [1.165, 1.54) is 17.7 Å². The SMILES string of the molecule is Cc1cc[n+](CCC(=O)Nc2cc(Cl)ccc2O)cc1.[Br-]. The van der Waals surface area contributed by atoms with Gasteiger partial charge in [0.25, 0.3) is 0 Å². The molecule has 1 amide bonds. The van der Waals surface area contributed by atoms with Gasteiger partial charge in [-0.25, -0.2) is 4.57 Å². The van der Waals surface area contributed by atoms with Crippen LogP contribution in [-0.2, 0) is 11.3 Å². The van der Waals surface area contributed by atoms with Crippen molar-refractivity contribution in [1.82, 2.24) is 0 Å². The fourth-order valence-corrected chi connectivity index (χ4v) is 1.90. The number of rotatable bonds is 4. The van der Waals surface area contributed by atoms with Crippen LogP contribution in [-0.4, -0.2) is 11.0 Å². The van der Waals surface area contributed by atoms with Crippen molar-refractivity contribution in [2.24, 2.45) is 0 Å². The van der Waals surface area contributed by atoms with E-state index in [2.05, 4.69) is 5.32 Å². The van der Waals surface area contributed by atoms with Crippen LogP contribution in [0.15, 0.2) is 42.7 Å². The fraction of sp³-hybridized carbons (Fsp3) is 0.200. The third-order valence-electron chi connectivity index (χ3n) is 2.89. The molecule has 0 aliphatic heterocycles. The summed E-state index contributed by atoms with van der Waals surface area (Å²) >= 11 is 5.82. The number of carbonyl (C=O) groups is 1. The Bertz CT molecular complexity index is 618. The minimum atomic E-state index is -0.171. The highest BCUT2D eigenvalue weighted by Crippen LogP contribution is 2.26. The molecule has 0 spiro atoms. The summed E-state index contributed by atoms with van der Waals surface area (Å²) in [5, 5.41) is 12.7. The Morgan fingerprint density at radius 2 is 1.95 bits per heavy atom. The highest BCUT2D eigenvalue weighted by Gasteiger charge is 2.09. The van der Waals surface area contributed by atoms with Gasteiger partial charge in [0.15, 0.2) is 18.9 Å². The van der Waals surface area contributed by atoms with Gasteiger partial charge in [-0.3, -0.25) is 4.79 Å². The predicted octanol–water partition coefficient (Wildman–Crippen LogP) is -0.326. The van der Waals surface area contributed by atoms with Crippen molar-refractivity contribution in [1.29, 1.82) is 0 Å². The quantitative estimate of drug-likeness (QED) is 0.571. The summed E-state index contributed by atoms with van der Waals surface area (Å²) in [6, 6.07) is 8.51. The summed E-state index contributed by atoms with van der Waals surface area (Å²) in [5.41, 5.74) is 1.51. The average Bonchev–Trinajstić information content (AvgIpc) is 2.42. The molecule has 0 saturated heterocycles. The van der Waals surface area contributed by atoms with E-state index in [0.717, 1.165) is 0 Å². The lowest BCUT2D eigenvalue weighted by atomic mass is 10.2. The maximum atomic E-state index is 11.8. The number of hydrogen-bond donors (Lipinski definition) is 2. The Morgan fingerprint density at radius 1 is 1.29 bits per heavy atom. The van der Waals surface area contributed by atoms with Crippen LogP contribution < -0.4 is 26.9 Å². The van der Waals surface area contributed by atoms with Crippen molar-refractivity contribution in [3.05, 3.63) is 53.3 Å². The van der Waals surface area contributed by atoms with Crippen molar-refractivity contribution < 1.29 is 31.4 Å². The summed E-state index contributed by atoms with van der Waals surface area (Å²) in [6.45, 7) is 2.59. The zero-order chi connectivity index (χ0) is 14.5. The number of amides is 1. The first-order valence-electron chi connectivity index (χ1n) is 6.28. The van der Waals surface area contributed by atoms with Crippen molar-refractivity contribution in [2.75, 3.05) is 5.32 Å². The van der Waals surface area contributed by atoms with Gasteiger partial charge in [-0.15, -0.1) is 0 Å². The zero-order valence-corrected chi connectivity index (χ0v) is 13.9. The monoisotopic (exact) mass is 370 g/mol. The molecule has 1 heterocycles. The van der Waals surface area contributed by atoms with Crippen LogP contribution in [0, 0.1) is 6.92 Å². The minimum Gasteiger partial charge on any atom is -1.00 e. The molecule has 0 unspecified atom stereocenters. The van der Waals surface area contributed by atoms with Gasteiger partial charge in [0.2, 0.25) is 5.91 Å². The van der Waals surface area contributed by atoms with E-state index >= 15 is 0 Å². The van der Waals surface area contributed by atoms with E-state index in [-0.39, 0.29) is 28.6 Å². The second-order valence-electron chi connectivity index (χ2n) is 4.57. The summed E-state index contributed by atoms with van der Waals surface area (Å²) in [5.74, 6) is -0.165. The fourth-order valence-electron chi connectivity index (χ4n) is 1.73. The van der Waals surface area contributed by atoms with Crippen LogP contribution >= 0.6 is 11.6 Å². The van der Waals surface area contributed by atoms with Crippen LogP contribution in [0.4, 0.5) is 5.69 Å². The number of carbonyl (C=O) groups excluding carboxylic acids is 1. The van der Waals surface area contributed by atoms with Gasteiger partial charge in [-0.05, 0) is 30.7 Å². The van der Waals surface area contributed by atoms with Gasteiger partial charge < -0.3 is 27.4 Å². The zero-order valence-electron chi connectivity index (χ0n) is 11.5. The summed E-state index contributed by atoms with van der Waals surface area (Å²) < 4.78 is 1.93. The molecule has 1 aromatic carbocycles. The molecule has 1 aromatic heterocycles. The van der Waals surface area contributed by atoms with E-state index in [1.54, 1.807) is 6.07 Å². The Labute approximate surface area is 139 Å². The molecule has 0 aliphatic rings. The number of hydrogen-bond acceptors (Lipinski definition) is 2. The molecule has 0 saturated carbocycles. The highest BCUT2D eigenvalue weighted by molar-refractivity contribution is 6.31. The van der Waals surface area contributed by atoms with E-state index in [9.17, 15) is 9.90 Å². The third kappa shape index (κ3) is 5.36. The number of aromatic nitrogens is 1. The number of phenols is 1. The topological polar surface area (TPSA) is 53.2 Å². The highest BCUT2D eigenvalue weighted by atomic mass is 79.9. The lowest BCUT2D eigenvalue weighted by Crippen LogP contribution is -3.00. The standard InChI is InChI=1S/C15H15ClN2O2.BrH/c1-11-4-7-18(8-5-11)9-6-15(20)17-13-10-12(16)2-3-14(13)19;/h2-5,7-8,10H,6,9H2,1H3,(H-,17,19,20);1H. The number of aromatic hydroxyl groups is 1. The van der Waals surface area contributed by atoms with Gasteiger partial charge >= 0.3 is 0 Å². The van der Waals surface area contributed by atoms with Gasteiger partial charge in [0.1, 0.15) is 5.75 Å². The van der Waals surface area contributed by atoms with Gasteiger partial charge in [-0.1, -0.05) is 11.6 Å². The number of halogens is 2. The average molecular weight is 372 g/mol. The van der Waals surface area contributed by atoms with Crippen molar-refractivity contribution in [2.45, 2.75) is 19.9 Å². The normalized spacial score (nSPS) is 9.81. The molecule has 112 valence electrons. The largest absolute Gasteiger partial charge is 1.00 e. The van der Waals surface area contributed by atoms with Crippen molar-refractivity contribution >= 4 is 23.2 Å². The van der Waals surface area contributed by atoms with Crippen LogP contribution in [0.2, 0.25) is 5.02 Å². The number of aryl methyl sites for hydroxylation is 2. The van der Waals surface area contributed by atoms with Crippen LogP contribution in [0.3, 0.4) is 0 Å². The Hall–Kier alpha value is -1.59. The maximum absolute atomic E-state index is 11.8. The van der Waals surface area contributed by atoms with Crippen LogP contribution in [0.5, 0.6) is 5.75 Å². The van der Waals surface area contributed by atoms with E-state index in [4.69, 9.17) is 11.6 Å². The molecule has 0 atom stereocenters. The minimum absolute atomic E-state index is 0. The summed E-state index contributed by atoms with van der Waals surface area (Å²) in [7, 11) is 0. The molecule has 2 rings (SSSR count). The summed E-state index contributed by atoms with van der Waals surface area (Å²) in [6.07, 6.45) is 4.18. The molecule has 0 radical (unpaired) electrons. The molecular weight excluding hydrogens is 356 g/mol. The van der Waals surface area contributed by atoms with Crippen molar-refractivity contribution in [3.8, 4) is 5.75 Å². The smallest absolute Gasteiger partial charge is 0.230 e. The lowest BCUT2D eigenvalue weighted by Gasteiger charge is -2.06. The number of anilines is 1. The second kappa shape index (κ2) is 8.00. The number of phenolic OH excluding ortho intramolecular Hbond substituents is 1. The first-order chi connectivity index (χ1) is 9.54. The van der Waals surface area contributed by atoms with E-state index in [1.807, 2.05) is 36.0 Å². The van der Waals surface area contributed by atoms with E-state index in [0.29, 0.717) is 23.7 Å². The number of nitrogens with zero attached hydrogens (tertiary/aromatic N) is 1. The number of pyridine rings is 1. The third-order valence-corrected chi connectivity index (χ3v) is 3.12. The predicted molar refractivity (Wildman–Crippen MR) is 77.7 cm³/mol. The van der Waals surface area contributed by atoms with Crippen LogP contribution in [0.1, 0.15) is 12.0 Å². The molecule has 6 heteroatoms. The Morgan fingerprint density at radius 3 is 2.62 bits per heavy atom. The van der Waals surface area contributed by atoms with Crippen LogP contribution in [0.25, 0.3) is 0 Å². The first kappa shape index (κ1) is 17.5. The number of benzene rings is 1. The molecule has 0 fully saturated rings. The Balaban J connectivity index is 0.00000220. The molecule has 0 aliphatic carbocycles. The summed E-state index contributed by atoms with van der Waals surface area (Å²) in [4.78, 5) is 11.8. The second-order valence-corrected chi connectivity index (χ2v) is 5.01. The maximum Gasteiger partial charge on any atom is 0.230 e. The Kier molecular flexibility index (Phi) is 6.65. The lowest BCUT2D eigenvalue weighted by molar-refractivity contribution is -0.695. The van der Waals surface area contributed by atoms with Gasteiger partial charge in [-0.2, -0.15) is 0 Å². The number of nitrogens with one attached hydrogen (secondary N) is 1. The van der Waals surface area contributed by atoms with Gasteiger partial charge in [0.05, 0.1) is 12.1 Å². The molecule has 2 N–H and O–H groups in total. The van der Waals surface area contributed by atoms with Crippen molar-refractivity contribution in [3.63, 3.8) is 0 Å². The molecule has 4 nitrogen and oxygen atoms in total. The van der Waals surface area contributed by atoms with E-state index < -0.39 is 0 Å². The molecular formula is C15H16BrClN2O2. The molecule has 21 heavy (non-hydrogen) atoms. The molecule has 0 bridgehead atoms. The molecule has 2 aromatic rings. The first-order valence-corrected chi connectivity index (χ1v) is 6.66. The van der Waals surface area contributed by atoms with Gasteiger partial charge in [0, 0.05) is 17.2 Å².